The number of hydrogen-bond acceptors (Lipinski definition) is 2. The van der Waals surface area contributed by atoms with Crippen LogP contribution < -0.4 is 15.8 Å². The predicted molar refractivity (Wildman–Crippen MR) is 250 cm³/mol. The maximum absolute atomic E-state index is 6.90. The van der Waals surface area contributed by atoms with Gasteiger partial charge in [-0.15, -0.1) is 0 Å². The zero-order valence-electron chi connectivity index (χ0n) is 32.8. The van der Waals surface area contributed by atoms with Crippen molar-refractivity contribution in [3.8, 4) is 33.4 Å². The molecule has 0 spiro atoms. The topological polar surface area (TPSA) is 32.2 Å². The first-order valence-corrected chi connectivity index (χ1v) is 20.6. The van der Waals surface area contributed by atoms with Crippen molar-refractivity contribution in [3.05, 3.63) is 187 Å². The Morgan fingerprint density at radius 2 is 1.25 bits per heavy atom. The van der Waals surface area contributed by atoms with Gasteiger partial charge < -0.3 is 14.3 Å². The van der Waals surface area contributed by atoms with Crippen LogP contribution in [0.1, 0.15) is 25.0 Å². The van der Waals surface area contributed by atoms with Crippen LogP contribution in [0.2, 0.25) is 0 Å². The second-order valence-corrected chi connectivity index (χ2v) is 16.9. The van der Waals surface area contributed by atoms with E-state index in [4.69, 9.17) is 4.42 Å². The lowest BCUT2D eigenvalue weighted by Crippen LogP contribution is -2.41. The van der Waals surface area contributed by atoms with E-state index in [1.54, 1.807) is 0 Å². The summed E-state index contributed by atoms with van der Waals surface area (Å²) in [5.41, 5.74) is 20.2. The molecule has 0 radical (unpaired) electrons. The number of anilines is 3. The van der Waals surface area contributed by atoms with Crippen molar-refractivity contribution < 1.29 is 4.42 Å². The zero-order chi connectivity index (χ0) is 39.0. The molecule has 0 unspecified atom stereocenters. The number of nitrogens with zero attached hydrogens (tertiary/aromatic N) is 1. The summed E-state index contributed by atoms with van der Waals surface area (Å²) in [5, 5.41) is 7.23. The summed E-state index contributed by atoms with van der Waals surface area (Å²) in [6.07, 6.45) is 0. The van der Waals surface area contributed by atoms with Crippen LogP contribution in [0, 0.1) is 0 Å². The van der Waals surface area contributed by atoms with Gasteiger partial charge in [-0.2, -0.15) is 0 Å². The Bertz CT molecular complexity index is 3570. The highest BCUT2D eigenvalue weighted by Crippen LogP contribution is 2.56. The lowest BCUT2D eigenvalue weighted by Gasteiger charge is -2.37. The molecule has 11 aromatic rings. The number of fused-ring (bicyclic) bond motifs is 13. The number of H-pyrrole nitrogens is 1. The van der Waals surface area contributed by atoms with Gasteiger partial charge >= 0.3 is 0 Å². The fourth-order valence-corrected chi connectivity index (χ4v) is 10.6. The Labute approximate surface area is 342 Å². The van der Waals surface area contributed by atoms with Crippen LogP contribution in [-0.2, 0) is 5.41 Å². The molecule has 0 saturated carbocycles. The van der Waals surface area contributed by atoms with E-state index in [9.17, 15) is 0 Å². The molecule has 3 heterocycles. The highest BCUT2D eigenvalue weighted by atomic mass is 16.3. The Morgan fingerprint density at radius 3 is 2.15 bits per heavy atom. The first kappa shape index (κ1) is 32.8. The maximum Gasteiger partial charge on any atom is 0.198 e. The number of para-hydroxylation sites is 3. The second kappa shape index (κ2) is 11.9. The normalized spacial score (nSPS) is 13.8. The van der Waals surface area contributed by atoms with Gasteiger partial charge in [0.25, 0.3) is 0 Å². The Kier molecular flexibility index (Phi) is 6.59. The molecule has 276 valence electrons. The van der Waals surface area contributed by atoms with Gasteiger partial charge in [-0.05, 0) is 86.0 Å². The lowest BCUT2D eigenvalue weighted by molar-refractivity contribution is 0.660. The van der Waals surface area contributed by atoms with Crippen LogP contribution in [-0.4, -0.2) is 12.3 Å². The van der Waals surface area contributed by atoms with Crippen molar-refractivity contribution in [2.45, 2.75) is 19.3 Å². The van der Waals surface area contributed by atoms with Crippen molar-refractivity contribution in [1.29, 1.82) is 0 Å². The van der Waals surface area contributed by atoms with Crippen molar-refractivity contribution >= 4 is 89.8 Å². The number of aromatic amines is 1. The third kappa shape index (κ3) is 4.54. The highest BCUT2D eigenvalue weighted by Gasteiger charge is 2.42. The van der Waals surface area contributed by atoms with Gasteiger partial charge in [-0.3, -0.25) is 0 Å². The Hall–Kier alpha value is -7.30. The fraction of sp³-hybridized carbons (Fsp3) is 0.0545. The minimum absolute atomic E-state index is 0.231. The first-order chi connectivity index (χ1) is 29.0. The minimum atomic E-state index is -0.231. The van der Waals surface area contributed by atoms with Crippen molar-refractivity contribution in [2.24, 2.45) is 0 Å². The Balaban J connectivity index is 1.17. The second-order valence-electron chi connectivity index (χ2n) is 16.9. The summed E-state index contributed by atoms with van der Waals surface area (Å²) in [4.78, 5) is 6.51. The van der Waals surface area contributed by atoms with Gasteiger partial charge in [0.15, 0.2) is 12.9 Å². The molecular weight excluding hydrogens is 715 g/mol. The van der Waals surface area contributed by atoms with Gasteiger partial charge in [0.1, 0.15) is 5.58 Å². The van der Waals surface area contributed by atoms with E-state index in [1.807, 2.05) is 0 Å². The molecule has 9 aromatic carbocycles. The van der Waals surface area contributed by atoms with Crippen LogP contribution >= 0.6 is 0 Å². The van der Waals surface area contributed by atoms with Crippen LogP contribution in [0.5, 0.6) is 0 Å². The Morgan fingerprint density at radius 1 is 0.525 bits per heavy atom. The number of hydrogen-bond donors (Lipinski definition) is 1. The molecule has 2 aromatic heterocycles. The third-order valence-electron chi connectivity index (χ3n) is 13.4. The van der Waals surface area contributed by atoms with E-state index in [1.165, 1.54) is 93.9 Å². The molecule has 13 rings (SSSR count). The summed E-state index contributed by atoms with van der Waals surface area (Å²) in [7, 11) is 0.790. The van der Waals surface area contributed by atoms with Crippen LogP contribution in [0.25, 0.3) is 87.9 Å². The first-order valence-electron chi connectivity index (χ1n) is 20.6. The quantitative estimate of drug-likeness (QED) is 0.182. The number of aromatic nitrogens is 1. The molecule has 1 N–H and O–H groups in total. The summed E-state index contributed by atoms with van der Waals surface area (Å²) in [6, 6.07) is 64.7. The average molecular weight is 753 g/mol. The van der Waals surface area contributed by atoms with E-state index in [2.05, 4.69) is 200 Å². The van der Waals surface area contributed by atoms with E-state index in [0.29, 0.717) is 0 Å². The number of benzene rings is 9. The van der Waals surface area contributed by atoms with E-state index in [-0.39, 0.29) is 5.41 Å². The summed E-state index contributed by atoms with van der Waals surface area (Å²) >= 11 is 0. The van der Waals surface area contributed by atoms with E-state index < -0.39 is 0 Å². The molecule has 1 aliphatic carbocycles. The molecular formula is C55H37BN2O. The van der Waals surface area contributed by atoms with E-state index in [0.717, 1.165) is 40.4 Å². The molecule has 59 heavy (non-hydrogen) atoms. The number of rotatable bonds is 3. The van der Waals surface area contributed by atoms with Crippen LogP contribution in [0.3, 0.4) is 0 Å². The SMILES string of the molecule is CC1(C)c2ccccc2-c2c1cc(-c1cccc3c1[nH]c1cc4ccccc4cc13)c1c2N(c2cccc3c2oc2ccccc23)c2cc(-c3ccccc3)ccc2B1. The van der Waals surface area contributed by atoms with Gasteiger partial charge in [0, 0.05) is 55.0 Å². The zero-order valence-corrected chi connectivity index (χ0v) is 32.8. The summed E-state index contributed by atoms with van der Waals surface area (Å²) in [6.45, 7) is 4.80. The van der Waals surface area contributed by atoms with Gasteiger partial charge in [0.05, 0.1) is 11.2 Å². The standard InChI is InChI=1S/C55H37BN2O/c1-55(2)43-23-10-8-19-40(43)50-44(55)31-42(38-21-12-20-37-41-28-33-16-6-7-17-34(33)29-46(41)57-52(37)38)51-53(50)58(47-24-13-22-39-36-18-9-11-25-49(36)59-54(39)47)48-30-35(26-27-45(48)56-51)32-14-4-3-5-15-32/h3-31,56-57H,1-2H3. The van der Waals surface area contributed by atoms with Gasteiger partial charge in [-0.25, -0.2) is 0 Å². The summed E-state index contributed by atoms with van der Waals surface area (Å²) < 4.78 is 6.90. The van der Waals surface area contributed by atoms with Crippen LogP contribution in [0.4, 0.5) is 17.1 Å². The molecule has 1 aliphatic heterocycles. The van der Waals surface area contributed by atoms with Gasteiger partial charge in [0.2, 0.25) is 0 Å². The highest BCUT2D eigenvalue weighted by molar-refractivity contribution is 6.73. The van der Waals surface area contributed by atoms with Crippen molar-refractivity contribution in [2.75, 3.05) is 4.90 Å². The largest absolute Gasteiger partial charge is 0.454 e. The maximum atomic E-state index is 6.90. The van der Waals surface area contributed by atoms with E-state index >= 15 is 0 Å². The molecule has 0 bridgehead atoms. The monoisotopic (exact) mass is 752 g/mol. The van der Waals surface area contributed by atoms with Crippen molar-refractivity contribution in [3.63, 3.8) is 0 Å². The molecule has 2 aliphatic rings. The smallest absolute Gasteiger partial charge is 0.198 e. The number of nitrogens with one attached hydrogen (secondary N) is 1. The molecule has 0 fully saturated rings. The molecule has 0 saturated heterocycles. The third-order valence-corrected chi connectivity index (χ3v) is 13.4. The summed E-state index contributed by atoms with van der Waals surface area (Å²) in [5.74, 6) is 0. The van der Waals surface area contributed by atoms with Crippen molar-refractivity contribution in [1.82, 2.24) is 4.98 Å². The fourth-order valence-electron chi connectivity index (χ4n) is 10.6. The molecule has 0 amide bonds. The predicted octanol–water partition coefficient (Wildman–Crippen LogP) is 13.2. The lowest BCUT2D eigenvalue weighted by atomic mass is 9.57. The average Bonchev–Trinajstić information content (AvgIpc) is 3.92. The number of furan rings is 1. The minimum Gasteiger partial charge on any atom is -0.454 e. The molecule has 0 atom stereocenters. The van der Waals surface area contributed by atoms with Gasteiger partial charge in [-0.1, -0.05) is 159 Å². The van der Waals surface area contributed by atoms with Crippen LogP contribution in [0.15, 0.2) is 180 Å². The molecule has 3 nitrogen and oxygen atoms in total. The molecule has 4 heteroatoms.